The van der Waals surface area contributed by atoms with Crippen LogP contribution in [0.4, 0.5) is 0 Å². The van der Waals surface area contributed by atoms with Gasteiger partial charge in [-0.1, -0.05) is 64.9 Å². The molecule has 1 unspecified atom stereocenters. The highest BCUT2D eigenvalue weighted by molar-refractivity contribution is 5.84. The molecule has 0 saturated heterocycles. The van der Waals surface area contributed by atoms with Gasteiger partial charge in [0, 0.05) is 13.0 Å². The molecule has 0 aliphatic carbocycles. The van der Waals surface area contributed by atoms with E-state index < -0.39 is 6.04 Å². The SMILES string of the molecule is C=C(N)NCCCC(NC(=O)CCCCCCCCCCC)C(=O)OCC. The van der Waals surface area contributed by atoms with Crippen LogP contribution in [0.25, 0.3) is 0 Å². The Hall–Kier alpha value is -1.72. The van der Waals surface area contributed by atoms with Crippen molar-refractivity contribution >= 4 is 11.9 Å². The Morgan fingerprint density at radius 2 is 1.56 bits per heavy atom. The molecule has 6 heteroatoms. The van der Waals surface area contributed by atoms with E-state index in [-0.39, 0.29) is 11.9 Å². The Morgan fingerprint density at radius 3 is 2.11 bits per heavy atom. The van der Waals surface area contributed by atoms with Gasteiger partial charge in [-0.2, -0.15) is 0 Å². The Labute approximate surface area is 165 Å². The molecule has 1 atom stereocenters. The van der Waals surface area contributed by atoms with Gasteiger partial charge in [-0.25, -0.2) is 4.79 Å². The van der Waals surface area contributed by atoms with Crippen molar-refractivity contribution in [2.45, 2.75) is 96.9 Å². The monoisotopic (exact) mass is 383 g/mol. The van der Waals surface area contributed by atoms with E-state index >= 15 is 0 Å². The van der Waals surface area contributed by atoms with Crippen LogP contribution in [0.3, 0.4) is 0 Å². The van der Waals surface area contributed by atoms with E-state index in [4.69, 9.17) is 10.5 Å². The lowest BCUT2D eigenvalue weighted by Crippen LogP contribution is -2.42. The van der Waals surface area contributed by atoms with Crippen LogP contribution in [-0.2, 0) is 14.3 Å². The molecule has 4 N–H and O–H groups in total. The van der Waals surface area contributed by atoms with E-state index in [0.29, 0.717) is 38.2 Å². The van der Waals surface area contributed by atoms with Crippen molar-refractivity contribution in [3.8, 4) is 0 Å². The fraction of sp³-hybridized carbons (Fsp3) is 0.810. The fourth-order valence-corrected chi connectivity index (χ4v) is 2.91. The number of nitrogens with two attached hydrogens (primary N) is 1. The zero-order chi connectivity index (χ0) is 20.3. The molecule has 0 radical (unpaired) electrons. The summed E-state index contributed by atoms with van der Waals surface area (Å²) in [6.45, 7) is 8.47. The summed E-state index contributed by atoms with van der Waals surface area (Å²) in [5.74, 6) is -0.0474. The van der Waals surface area contributed by atoms with E-state index in [0.717, 1.165) is 12.8 Å². The number of unbranched alkanes of at least 4 members (excludes halogenated alkanes) is 8. The Kier molecular flexibility index (Phi) is 16.6. The third kappa shape index (κ3) is 16.2. The molecule has 0 aliphatic heterocycles. The van der Waals surface area contributed by atoms with Crippen LogP contribution in [-0.4, -0.2) is 31.1 Å². The highest BCUT2D eigenvalue weighted by Gasteiger charge is 2.21. The molecule has 158 valence electrons. The predicted octanol–water partition coefficient (Wildman–Crippen LogP) is 3.75. The summed E-state index contributed by atoms with van der Waals surface area (Å²) in [4.78, 5) is 24.2. The number of rotatable bonds is 18. The van der Waals surface area contributed by atoms with E-state index in [2.05, 4.69) is 24.1 Å². The molecule has 0 bridgehead atoms. The summed E-state index contributed by atoms with van der Waals surface area (Å²) < 4.78 is 5.06. The number of hydrogen-bond donors (Lipinski definition) is 3. The first-order chi connectivity index (χ1) is 13.0. The Bertz CT molecular complexity index is 413. The topological polar surface area (TPSA) is 93.5 Å². The van der Waals surface area contributed by atoms with Gasteiger partial charge in [-0.05, 0) is 26.2 Å². The van der Waals surface area contributed by atoms with Gasteiger partial charge < -0.3 is 21.1 Å². The molecule has 0 saturated carbocycles. The lowest BCUT2D eigenvalue weighted by atomic mass is 10.1. The minimum atomic E-state index is -0.594. The normalized spacial score (nSPS) is 11.6. The molecule has 0 aliphatic rings. The number of amides is 1. The van der Waals surface area contributed by atoms with Crippen LogP contribution in [0, 0.1) is 0 Å². The van der Waals surface area contributed by atoms with Gasteiger partial charge in [-0.15, -0.1) is 0 Å². The van der Waals surface area contributed by atoms with Gasteiger partial charge in [0.25, 0.3) is 0 Å². The van der Waals surface area contributed by atoms with Crippen molar-refractivity contribution in [1.82, 2.24) is 10.6 Å². The second-order valence-electron chi connectivity index (χ2n) is 7.04. The van der Waals surface area contributed by atoms with Crippen LogP contribution in [0.1, 0.15) is 90.9 Å². The van der Waals surface area contributed by atoms with Crippen LogP contribution < -0.4 is 16.4 Å². The summed E-state index contributed by atoms with van der Waals surface area (Å²) in [6, 6.07) is -0.594. The van der Waals surface area contributed by atoms with Gasteiger partial charge >= 0.3 is 5.97 Å². The summed E-state index contributed by atoms with van der Waals surface area (Å²) >= 11 is 0. The number of carbonyl (C=O) groups excluding carboxylic acids is 2. The molecule has 0 heterocycles. The second-order valence-corrected chi connectivity index (χ2v) is 7.04. The molecule has 0 aromatic heterocycles. The minimum absolute atomic E-state index is 0.0767. The number of esters is 1. The van der Waals surface area contributed by atoms with E-state index in [1.807, 2.05) is 0 Å². The maximum absolute atomic E-state index is 12.1. The molecule has 0 spiro atoms. The van der Waals surface area contributed by atoms with Crippen molar-refractivity contribution in [3.63, 3.8) is 0 Å². The van der Waals surface area contributed by atoms with Crippen molar-refractivity contribution in [3.05, 3.63) is 12.4 Å². The average molecular weight is 384 g/mol. The first-order valence-corrected chi connectivity index (χ1v) is 10.7. The quantitative estimate of drug-likeness (QED) is 0.247. The van der Waals surface area contributed by atoms with Crippen LogP contribution in [0.2, 0.25) is 0 Å². The first-order valence-electron chi connectivity index (χ1n) is 10.7. The maximum atomic E-state index is 12.1. The third-order valence-corrected chi connectivity index (χ3v) is 4.44. The van der Waals surface area contributed by atoms with Gasteiger partial charge in [0.05, 0.1) is 12.4 Å². The van der Waals surface area contributed by atoms with E-state index in [1.165, 1.54) is 44.9 Å². The van der Waals surface area contributed by atoms with Crippen molar-refractivity contribution < 1.29 is 14.3 Å². The molecular weight excluding hydrogens is 342 g/mol. The summed E-state index contributed by atoms with van der Waals surface area (Å²) in [5.41, 5.74) is 5.45. The fourth-order valence-electron chi connectivity index (χ4n) is 2.91. The molecule has 0 aromatic carbocycles. The summed E-state index contributed by atoms with van der Waals surface area (Å²) in [6.07, 6.45) is 12.6. The smallest absolute Gasteiger partial charge is 0.328 e. The molecule has 27 heavy (non-hydrogen) atoms. The molecule has 6 nitrogen and oxygen atoms in total. The standard InChI is InChI=1S/C21H41N3O3/c1-4-6-7-8-9-10-11-12-13-16-20(25)24-19(21(26)27-5-2)15-14-17-23-18(3)22/h19,23H,3-17,22H2,1-2H3,(H,24,25). The van der Waals surface area contributed by atoms with Crippen LogP contribution in [0.15, 0.2) is 12.4 Å². The highest BCUT2D eigenvalue weighted by atomic mass is 16.5. The average Bonchev–Trinajstić information content (AvgIpc) is 2.62. The largest absolute Gasteiger partial charge is 0.464 e. The van der Waals surface area contributed by atoms with E-state index in [1.54, 1.807) is 6.92 Å². The Morgan fingerprint density at radius 1 is 0.963 bits per heavy atom. The second kappa shape index (κ2) is 17.7. The zero-order valence-electron chi connectivity index (χ0n) is 17.5. The lowest BCUT2D eigenvalue weighted by molar-refractivity contribution is -0.147. The molecule has 0 fully saturated rings. The molecule has 1 amide bonds. The molecule has 0 rings (SSSR count). The van der Waals surface area contributed by atoms with Crippen molar-refractivity contribution in [1.29, 1.82) is 0 Å². The number of carbonyl (C=O) groups is 2. The zero-order valence-corrected chi connectivity index (χ0v) is 17.5. The van der Waals surface area contributed by atoms with Gasteiger partial charge in [0.2, 0.25) is 5.91 Å². The van der Waals surface area contributed by atoms with Crippen molar-refractivity contribution in [2.75, 3.05) is 13.2 Å². The van der Waals surface area contributed by atoms with Gasteiger partial charge in [0.15, 0.2) is 0 Å². The van der Waals surface area contributed by atoms with Gasteiger partial charge in [-0.3, -0.25) is 4.79 Å². The minimum Gasteiger partial charge on any atom is -0.464 e. The maximum Gasteiger partial charge on any atom is 0.328 e. The Balaban J connectivity index is 3.95. The van der Waals surface area contributed by atoms with Crippen LogP contribution in [0.5, 0.6) is 0 Å². The van der Waals surface area contributed by atoms with E-state index in [9.17, 15) is 9.59 Å². The van der Waals surface area contributed by atoms with Crippen molar-refractivity contribution in [2.24, 2.45) is 5.73 Å². The number of ether oxygens (including phenoxy) is 1. The lowest BCUT2D eigenvalue weighted by Gasteiger charge is -2.17. The first kappa shape index (κ1) is 25.3. The summed E-state index contributed by atoms with van der Waals surface area (Å²) in [5, 5.41) is 5.73. The predicted molar refractivity (Wildman–Crippen MR) is 111 cm³/mol. The summed E-state index contributed by atoms with van der Waals surface area (Å²) in [7, 11) is 0. The highest BCUT2D eigenvalue weighted by Crippen LogP contribution is 2.10. The molecule has 0 aromatic rings. The molecular formula is C21H41N3O3. The third-order valence-electron chi connectivity index (χ3n) is 4.44. The van der Waals surface area contributed by atoms with Gasteiger partial charge in [0.1, 0.15) is 6.04 Å². The van der Waals surface area contributed by atoms with Crippen LogP contribution >= 0.6 is 0 Å². The number of nitrogens with one attached hydrogen (secondary N) is 2. The number of hydrogen-bond acceptors (Lipinski definition) is 5.